The number of amides is 1. The van der Waals surface area contributed by atoms with Crippen molar-refractivity contribution in [2.24, 2.45) is 0 Å². The zero-order valence-electron chi connectivity index (χ0n) is 16.8. The van der Waals surface area contributed by atoms with Crippen molar-refractivity contribution in [2.75, 3.05) is 7.05 Å². The Morgan fingerprint density at radius 2 is 2.06 bits per heavy atom. The molecule has 0 aliphatic rings. The molecule has 0 aliphatic heterocycles. The molecule has 0 spiro atoms. The molecule has 1 amide bonds. The smallest absolute Gasteiger partial charge is 0.274 e. The first kappa shape index (κ1) is 20.2. The third-order valence-electron chi connectivity index (χ3n) is 4.87. The SMILES string of the molecule is CN(Cc1nc2ccsc2c(=O)[nH]1)C(=O)c1cc(-c2ccco2)n(-c2ccc(Cl)cc2)n1. The third kappa shape index (κ3) is 3.72. The number of aromatic amines is 1. The second-order valence-corrected chi connectivity index (χ2v) is 8.44. The van der Waals surface area contributed by atoms with E-state index < -0.39 is 0 Å². The molecule has 0 saturated heterocycles. The van der Waals surface area contributed by atoms with Crippen molar-refractivity contribution in [3.05, 3.63) is 87.1 Å². The van der Waals surface area contributed by atoms with Crippen LogP contribution in [0.2, 0.25) is 5.02 Å². The number of halogens is 1. The molecule has 4 aromatic heterocycles. The lowest BCUT2D eigenvalue weighted by molar-refractivity contribution is 0.0775. The number of rotatable bonds is 5. The molecule has 32 heavy (non-hydrogen) atoms. The Morgan fingerprint density at radius 1 is 1.25 bits per heavy atom. The number of nitrogens with zero attached hydrogens (tertiary/aromatic N) is 4. The minimum Gasteiger partial charge on any atom is -0.463 e. The minimum absolute atomic E-state index is 0.129. The van der Waals surface area contributed by atoms with E-state index in [9.17, 15) is 9.59 Å². The van der Waals surface area contributed by atoms with Gasteiger partial charge < -0.3 is 14.3 Å². The Bertz CT molecular complexity index is 1470. The number of H-pyrrole nitrogens is 1. The highest BCUT2D eigenvalue weighted by Gasteiger charge is 2.21. The molecule has 160 valence electrons. The number of aromatic nitrogens is 4. The van der Waals surface area contributed by atoms with Crippen LogP contribution in [-0.2, 0) is 6.54 Å². The lowest BCUT2D eigenvalue weighted by atomic mass is 10.2. The van der Waals surface area contributed by atoms with Gasteiger partial charge in [0.15, 0.2) is 11.5 Å². The molecular formula is C22H16ClN5O3S. The van der Waals surface area contributed by atoms with Crippen molar-refractivity contribution in [1.29, 1.82) is 0 Å². The summed E-state index contributed by atoms with van der Waals surface area (Å²) in [4.78, 5) is 34.0. The fourth-order valence-corrected chi connectivity index (χ4v) is 4.20. The van der Waals surface area contributed by atoms with Crippen LogP contribution in [0.15, 0.2) is 69.4 Å². The minimum atomic E-state index is -0.321. The summed E-state index contributed by atoms with van der Waals surface area (Å²) in [6, 6.07) is 14.1. The van der Waals surface area contributed by atoms with Gasteiger partial charge >= 0.3 is 0 Å². The van der Waals surface area contributed by atoms with Gasteiger partial charge in [0, 0.05) is 18.1 Å². The summed E-state index contributed by atoms with van der Waals surface area (Å²) in [5, 5.41) is 6.93. The number of fused-ring (bicyclic) bond motifs is 1. The normalized spacial score (nSPS) is 11.2. The zero-order valence-corrected chi connectivity index (χ0v) is 18.4. The first-order valence-corrected chi connectivity index (χ1v) is 10.9. The molecule has 0 fully saturated rings. The summed E-state index contributed by atoms with van der Waals surface area (Å²) in [6.07, 6.45) is 1.56. The molecule has 5 aromatic rings. The zero-order chi connectivity index (χ0) is 22.2. The van der Waals surface area contributed by atoms with E-state index in [1.54, 1.807) is 54.4 Å². The predicted octanol–water partition coefficient (Wildman–Crippen LogP) is 4.36. The van der Waals surface area contributed by atoms with E-state index in [4.69, 9.17) is 16.0 Å². The number of hydrogen-bond acceptors (Lipinski definition) is 6. The molecule has 0 aliphatic carbocycles. The van der Waals surface area contributed by atoms with E-state index in [-0.39, 0.29) is 23.7 Å². The largest absolute Gasteiger partial charge is 0.463 e. The second kappa shape index (κ2) is 8.10. The van der Waals surface area contributed by atoms with Gasteiger partial charge in [-0.25, -0.2) is 9.67 Å². The van der Waals surface area contributed by atoms with Crippen LogP contribution in [0, 0.1) is 0 Å². The highest BCUT2D eigenvalue weighted by molar-refractivity contribution is 7.17. The standard InChI is InChI=1S/C22H16ClN5O3S/c1-27(12-19-24-15-8-10-32-20(15)21(29)25-19)22(30)16-11-17(18-3-2-9-31-18)28(26-16)14-6-4-13(23)5-7-14/h2-11H,12H2,1H3,(H,24,25,29). The van der Waals surface area contributed by atoms with Gasteiger partial charge in [0.05, 0.1) is 24.0 Å². The number of furan rings is 1. The predicted molar refractivity (Wildman–Crippen MR) is 122 cm³/mol. The van der Waals surface area contributed by atoms with Crippen LogP contribution in [0.25, 0.3) is 27.4 Å². The molecule has 0 unspecified atom stereocenters. The summed E-state index contributed by atoms with van der Waals surface area (Å²) in [6.45, 7) is 0.129. The Morgan fingerprint density at radius 3 is 2.81 bits per heavy atom. The number of hydrogen-bond donors (Lipinski definition) is 1. The summed E-state index contributed by atoms with van der Waals surface area (Å²) in [5.74, 6) is 0.654. The number of carbonyl (C=O) groups excluding carboxylic acids is 1. The summed E-state index contributed by atoms with van der Waals surface area (Å²) >= 11 is 7.34. The van der Waals surface area contributed by atoms with Crippen LogP contribution in [0.4, 0.5) is 0 Å². The molecule has 0 atom stereocenters. The van der Waals surface area contributed by atoms with Crippen molar-refractivity contribution in [1.82, 2.24) is 24.6 Å². The summed E-state index contributed by atoms with van der Waals surface area (Å²) in [7, 11) is 1.63. The van der Waals surface area contributed by atoms with Crippen molar-refractivity contribution < 1.29 is 9.21 Å². The van der Waals surface area contributed by atoms with E-state index in [2.05, 4.69) is 15.1 Å². The molecule has 1 aromatic carbocycles. The van der Waals surface area contributed by atoms with Crippen LogP contribution < -0.4 is 5.56 Å². The average molecular weight is 466 g/mol. The van der Waals surface area contributed by atoms with Crippen molar-refractivity contribution in [2.45, 2.75) is 6.54 Å². The van der Waals surface area contributed by atoms with Crippen LogP contribution in [0.1, 0.15) is 16.3 Å². The molecule has 0 bridgehead atoms. The van der Waals surface area contributed by atoms with Crippen LogP contribution in [-0.4, -0.2) is 37.6 Å². The van der Waals surface area contributed by atoms with Gasteiger partial charge in [0.2, 0.25) is 0 Å². The van der Waals surface area contributed by atoms with Crippen LogP contribution >= 0.6 is 22.9 Å². The fourth-order valence-electron chi connectivity index (χ4n) is 3.35. The van der Waals surface area contributed by atoms with Crippen LogP contribution in [0.5, 0.6) is 0 Å². The van der Waals surface area contributed by atoms with Gasteiger partial charge in [0.25, 0.3) is 11.5 Å². The Balaban J connectivity index is 1.48. The summed E-state index contributed by atoms with van der Waals surface area (Å²) in [5.41, 5.74) is 1.99. The molecule has 1 N–H and O–H groups in total. The number of benzene rings is 1. The van der Waals surface area contributed by atoms with Crippen molar-refractivity contribution in [3.63, 3.8) is 0 Å². The monoisotopic (exact) mass is 465 g/mol. The maximum atomic E-state index is 13.1. The Kier molecular flexibility index (Phi) is 5.12. The highest BCUT2D eigenvalue weighted by atomic mass is 35.5. The van der Waals surface area contributed by atoms with E-state index in [0.29, 0.717) is 32.5 Å². The van der Waals surface area contributed by atoms with Crippen molar-refractivity contribution >= 4 is 39.1 Å². The Hall–Kier alpha value is -3.69. The van der Waals surface area contributed by atoms with E-state index in [1.807, 2.05) is 17.5 Å². The Labute approximate surface area is 190 Å². The molecule has 10 heteroatoms. The number of nitrogens with one attached hydrogen (secondary N) is 1. The second-order valence-electron chi connectivity index (χ2n) is 7.09. The lowest BCUT2D eigenvalue weighted by Crippen LogP contribution is -2.28. The molecular weight excluding hydrogens is 450 g/mol. The number of thiophene rings is 1. The van der Waals surface area contributed by atoms with E-state index >= 15 is 0 Å². The number of carbonyl (C=O) groups is 1. The average Bonchev–Trinajstić information content (AvgIpc) is 3.53. The highest BCUT2D eigenvalue weighted by Crippen LogP contribution is 2.26. The molecule has 8 nitrogen and oxygen atoms in total. The first-order valence-electron chi connectivity index (χ1n) is 9.61. The van der Waals surface area contributed by atoms with Crippen molar-refractivity contribution in [3.8, 4) is 17.1 Å². The topological polar surface area (TPSA) is 97.0 Å². The first-order chi connectivity index (χ1) is 15.5. The molecule has 5 rings (SSSR count). The van der Waals surface area contributed by atoms with Crippen LogP contribution in [0.3, 0.4) is 0 Å². The van der Waals surface area contributed by atoms with Gasteiger partial charge in [-0.2, -0.15) is 5.10 Å². The molecule has 0 saturated carbocycles. The maximum absolute atomic E-state index is 13.1. The van der Waals surface area contributed by atoms with E-state index in [0.717, 1.165) is 5.69 Å². The molecule has 0 radical (unpaired) electrons. The fraction of sp³-hybridized carbons (Fsp3) is 0.0909. The van der Waals surface area contributed by atoms with Gasteiger partial charge in [-0.1, -0.05) is 11.6 Å². The third-order valence-corrected chi connectivity index (χ3v) is 6.03. The van der Waals surface area contributed by atoms with Gasteiger partial charge in [0.1, 0.15) is 16.2 Å². The lowest BCUT2D eigenvalue weighted by Gasteiger charge is -2.15. The summed E-state index contributed by atoms with van der Waals surface area (Å²) < 4.78 is 7.74. The quantitative estimate of drug-likeness (QED) is 0.416. The van der Waals surface area contributed by atoms with Gasteiger partial charge in [-0.3, -0.25) is 9.59 Å². The van der Waals surface area contributed by atoms with Gasteiger partial charge in [-0.05, 0) is 47.8 Å². The molecule has 4 heterocycles. The van der Waals surface area contributed by atoms with E-state index in [1.165, 1.54) is 16.2 Å². The van der Waals surface area contributed by atoms with Gasteiger partial charge in [-0.15, -0.1) is 11.3 Å². The maximum Gasteiger partial charge on any atom is 0.274 e.